The van der Waals surface area contributed by atoms with E-state index < -0.39 is 0 Å². The number of fused-ring (bicyclic) bond motifs is 1. The van der Waals surface area contributed by atoms with Gasteiger partial charge in [0, 0.05) is 17.6 Å². The van der Waals surface area contributed by atoms with Gasteiger partial charge in [-0.2, -0.15) is 11.3 Å². The first-order chi connectivity index (χ1) is 14.1. The second-order valence-electron chi connectivity index (χ2n) is 7.61. The zero-order valence-corrected chi connectivity index (χ0v) is 17.6. The van der Waals surface area contributed by atoms with Gasteiger partial charge in [0.25, 0.3) is 5.91 Å². The maximum Gasteiger partial charge on any atom is 0.255 e. The molecule has 0 spiro atoms. The van der Waals surface area contributed by atoms with Gasteiger partial charge in [-0.25, -0.2) is 4.98 Å². The van der Waals surface area contributed by atoms with Gasteiger partial charge in [-0.15, -0.1) is 0 Å². The van der Waals surface area contributed by atoms with Crippen molar-refractivity contribution >= 4 is 28.3 Å². The molecule has 0 unspecified atom stereocenters. The van der Waals surface area contributed by atoms with Crippen molar-refractivity contribution in [3.63, 3.8) is 0 Å². The van der Waals surface area contributed by atoms with E-state index in [4.69, 9.17) is 4.98 Å². The molecule has 1 amide bonds. The normalized spacial score (nSPS) is 11.3. The van der Waals surface area contributed by atoms with Gasteiger partial charge in [0.2, 0.25) is 0 Å². The van der Waals surface area contributed by atoms with Gasteiger partial charge in [0.1, 0.15) is 5.82 Å². The number of hydrogen-bond acceptors (Lipinski definition) is 3. The summed E-state index contributed by atoms with van der Waals surface area (Å²) < 4.78 is 2.17. The molecule has 0 N–H and O–H groups in total. The van der Waals surface area contributed by atoms with Crippen LogP contribution in [0.1, 0.15) is 36.5 Å². The lowest BCUT2D eigenvalue weighted by atomic mass is 10.1. The average Bonchev–Trinajstić information content (AvgIpc) is 3.39. The molecule has 4 aromatic rings. The third-order valence-corrected chi connectivity index (χ3v) is 5.69. The molecule has 0 atom stereocenters. The quantitative estimate of drug-likeness (QED) is 0.392. The predicted octanol–water partition coefficient (Wildman–Crippen LogP) is 5.78. The molecule has 2 aromatic heterocycles. The lowest BCUT2D eigenvalue weighted by molar-refractivity contribution is 0.0731. The van der Waals surface area contributed by atoms with E-state index in [2.05, 4.69) is 36.6 Å². The molecule has 4 rings (SSSR count). The molecule has 2 heterocycles. The number of benzene rings is 2. The van der Waals surface area contributed by atoms with Crippen LogP contribution in [0.15, 0.2) is 71.4 Å². The van der Waals surface area contributed by atoms with Gasteiger partial charge in [0.15, 0.2) is 0 Å². The summed E-state index contributed by atoms with van der Waals surface area (Å²) in [5.41, 5.74) is 3.81. The number of para-hydroxylation sites is 3. The molecular weight excluding hydrogens is 378 g/mol. The summed E-state index contributed by atoms with van der Waals surface area (Å²) in [6.45, 7) is 5.56. The minimum atomic E-state index is 0.0681. The number of carbonyl (C=O) groups excluding carboxylic acids is 1. The van der Waals surface area contributed by atoms with Crippen LogP contribution in [0.25, 0.3) is 16.7 Å². The molecule has 4 nitrogen and oxygen atoms in total. The molecule has 0 aliphatic rings. The van der Waals surface area contributed by atoms with Crippen LogP contribution in [0.2, 0.25) is 0 Å². The zero-order chi connectivity index (χ0) is 20.2. The molecule has 0 saturated heterocycles. The van der Waals surface area contributed by atoms with Gasteiger partial charge in [-0.1, -0.05) is 44.2 Å². The summed E-state index contributed by atoms with van der Waals surface area (Å²) in [4.78, 5) is 20.0. The molecular formula is C24H25N3OS. The monoisotopic (exact) mass is 403 g/mol. The average molecular weight is 404 g/mol. The zero-order valence-electron chi connectivity index (χ0n) is 16.8. The number of thiophene rings is 1. The van der Waals surface area contributed by atoms with Crippen LogP contribution in [0, 0.1) is 5.92 Å². The van der Waals surface area contributed by atoms with E-state index >= 15 is 0 Å². The minimum absolute atomic E-state index is 0.0681. The van der Waals surface area contributed by atoms with Crippen LogP contribution in [-0.2, 0) is 6.54 Å². The highest BCUT2D eigenvalue weighted by Crippen LogP contribution is 2.23. The van der Waals surface area contributed by atoms with Crippen molar-refractivity contribution in [1.29, 1.82) is 0 Å². The van der Waals surface area contributed by atoms with E-state index in [1.165, 1.54) is 0 Å². The van der Waals surface area contributed by atoms with Crippen molar-refractivity contribution in [2.45, 2.75) is 26.8 Å². The first-order valence-corrected chi connectivity index (χ1v) is 10.9. The summed E-state index contributed by atoms with van der Waals surface area (Å²) in [6.07, 6.45) is 0.960. The lowest BCUT2D eigenvalue weighted by Gasteiger charge is -2.23. The fourth-order valence-corrected chi connectivity index (χ4v) is 4.08. The largest absolute Gasteiger partial charge is 0.331 e. The number of hydrogen-bond donors (Lipinski definition) is 0. The molecule has 0 radical (unpaired) electrons. The highest BCUT2D eigenvalue weighted by atomic mass is 32.1. The second kappa shape index (κ2) is 8.62. The van der Waals surface area contributed by atoms with Gasteiger partial charge in [0.05, 0.1) is 23.1 Å². The maximum atomic E-state index is 13.2. The van der Waals surface area contributed by atoms with E-state index in [0.29, 0.717) is 19.0 Å². The fraction of sp³-hybridized carbons (Fsp3) is 0.250. The van der Waals surface area contributed by atoms with Crippen molar-refractivity contribution in [2.24, 2.45) is 5.92 Å². The van der Waals surface area contributed by atoms with Crippen LogP contribution in [0.5, 0.6) is 0 Å². The Labute approximate surface area is 175 Å². The number of amides is 1. The standard InChI is InChI=1S/C24H25N3OS/c1-18(2)12-14-26(24(28)19-13-15-29-17-19)16-23-25-21-10-6-7-11-22(21)27(23)20-8-4-3-5-9-20/h3-11,13,15,17-18H,12,14,16H2,1-2H3. The number of rotatable bonds is 7. The van der Waals surface area contributed by atoms with E-state index in [-0.39, 0.29) is 5.91 Å². The molecule has 5 heteroatoms. The molecule has 29 heavy (non-hydrogen) atoms. The third kappa shape index (κ3) is 4.25. The third-order valence-electron chi connectivity index (χ3n) is 5.01. The van der Waals surface area contributed by atoms with E-state index in [1.54, 1.807) is 11.3 Å². The molecule has 2 aromatic carbocycles. The van der Waals surface area contributed by atoms with Gasteiger partial charge in [-0.05, 0) is 48.1 Å². The number of aromatic nitrogens is 2. The summed E-state index contributed by atoms with van der Waals surface area (Å²) in [7, 11) is 0. The lowest BCUT2D eigenvalue weighted by Crippen LogP contribution is -2.33. The number of carbonyl (C=O) groups is 1. The highest BCUT2D eigenvalue weighted by Gasteiger charge is 2.21. The fourth-order valence-electron chi connectivity index (χ4n) is 3.45. The topological polar surface area (TPSA) is 38.1 Å². The Bertz CT molecular complexity index is 1080. The van der Waals surface area contributed by atoms with E-state index in [9.17, 15) is 4.79 Å². The molecule has 0 aliphatic carbocycles. The Hall–Kier alpha value is -2.92. The Morgan fingerprint density at radius 1 is 1.07 bits per heavy atom. The van der Waals surface area contributed by atoms with Gasteiger partial charge in [-0.3, -0.25) is 9.36 Å². The summed E-state index contributed by atoms with van der Waals surface area (Å²) >= 11 is 1.55. The Balaban J connectivity index is 1.74. The Morgan fingerprint density at radius 3 is 2.55 bits per heavy atom. The predicted molar refractivity (Wildman–Crippen MR) is 120 cm³/mol. The highest BCUT2D eigenvalue weighted by molar-refractivity contribution is 7.08. The van der Waals surface area contributed by atoms with E-state index in [1.807, 2.05) is 58.1 Å². The van der Waals surface area contributed by atoms with Crippen molar-refractivity contribution in [3.05, 3.63) is 82.8 Å². The Kier molecular flexibility index (Phi) is 5.76. The summed E-state index contributed by atoms with van der Waals surface area (Å²) in [6, 6.07) is 20.3. The van der Waals surface area contributed by atoms with Crippen LogP contribution in [0.4, 0.5) is 0 Å². The van der Waals surface area contributed by atoms with Crippen molar-refractivity contribution in [1.82, 2.24) is 14.5 Å². The van der Waals surface area contributed by atoms with Crippen molar-refractivity contribution < 1.29 is 4.79 Å². The summed E-state index contributed by atoms with van der Waals surface area (Å²) in [5.74, 6) is 1.48. The van der Waals surface area contributed by atoms with Crippen molar-refractivity contribution in [2.75, 3.05) is 6.54 Å². The first-order valence-electron chi connectivity index (χ1n) is 9.96. The smallest absolute Gasteiger partial charge is 0.255 e. The maximum absolute atomic E-state index is 13.2. The molecule has 0 aliphatic heterocycles. The van der Waals surface area contributed by atoms with Gasteiger partial charge < -0.3 is 4.90 Å². The number of nitrogens with zero attached hydrogens (tertiary/aromatic N) is 3. The van der Waals surface area contributed by atoms with Crippen molar-refractivity contribution in [3.8, 4) is 5.69 Å². The first kappa shape index (κ1) is 19.4. The van der Waals surface area contributed by atoms with Crippen LogP contribution < -0.4 is 0 Å². The van der Waals surface area contributed by atoms with Gasteiger partial charge >= 0.3 is 0 Å². The Morgan fingerprint density at radius 2 is 1.83 bits per heavy atom. The van der Waals surface area contributed by atoms with Crippen LogP contribution in [0.3, 0.4) is 0 Å². The second-order valence-corrected chi connectivity index (χ2v) is 8.39. The SMILES string of the molecule is CC(C)CCN(Cc1nc2ccccc2n1-c1ccccc1)C(=O)c1ccsc1. The molecule has 0 bridgehead atoms. The molecule has 148 valence electrons. The minimum Gasteiger partial charge on any atom is -0.331 e. The summed E-state index contributed by atoms with van der Waals surface area (Å²) in [5, 5.41) is 3.87. The van der Waals surface area contributed by atoms with E-state index in [0.717, 1.165) is 34.5 Å². The molecule has 0 saturated carbocycles. The number of imidazole rings is 1. The van der Waals surface area contributed by atoms with Crippen LogP contribution in [-0.4, -0.2) is 26.9 Å². The van der Waals surface area contributed by atoms with Crippen LogP contribution >= 0.6 is 11.3 Å². The molecule has 0 fully saturated rings.